The predicted molar refractivity (Wildman–Crippen MR) is 86.9 cm³/mol. The molecule has 0 spiro atoms. The van der Waals surface area contributed by atoms with Crippen molar-refractivity contribution >= 4 is 12.3 Å². The first-order chi connectivity index (χ1) is 11.2. The molecule has 0 bridgehead atoms. The molecule has 0 aliphatic heterocycles. The number of methoxy groups -OCH3 is 2. The minimum atomic E-state index is -0.629. The number of hydrogen-bond acceptors (Lipinski definition) is 5. The summed E-state index contributed by atoms with van der Waals surface area (Å²) in [5.41, 5.74) is 4.04. The normalized spacial score (nSPS) is 10.3. The van der Waals surface area contributed by atoms with E-state index in [1.54, 1.807) is 19.2 Å². The first-order valence-corrected chi connectivity index (χ1v) is 6.94. The first-order valence-electron chi connectivity index (χ1n) is 6.94. The van der Waals surface area contributed by atoms with E-state index in [2.05, 4.69) is 15.3 Å². The molecule has 0 unspecified atom stereocenters. The highest BCUT2D eigenvalue weighted by atomic mass is 16.5. The number of benzene rings is 2. The van der Waals surface area contributed by atoms with Crippen LogP contribution in [0.25, 0.3) is 0 Å². The lowest BCUT2D eigenvalue weighted by Crippen LogP contribution is -2.16. The van der Waals surface area contributed by atoms with Gasteiger partial charge in [-0.2, -0.15) is 5.10 Å². The summed E-state index contributed by atoms with van der Waals surface area (Å²) in [5.74, 6) is 1.22. The van der Waals surface area contributed by atoms with Crippen LogP contribution < -0.4 is 14.9 Å². The van der Waals surface area contributed by atoms with Crippen LogP contribution >= 0.6 is 0 Å². The Bertz CT molecular complexity index is 672. The monoisotopic (exact) mass is 314 g/mol. The number of nitrogens with zero attached hydrogens (tertiary/aromatic N) is 1. The second-order valence-electron chi connectivity index (χ2n) is 4.55. The van der Waals surface area contributed by atoms with Crippen molar-refractivity contribution in [2.75, 3.05) is 14.2 Å². The molecule has 0 atom stereocenters. The Morgan fingerprint density at radius 3 is 2.61 bits per heavy atom. The van der Waals surface area contributed by atoms with Crippen LogP contribution in [0.5, 0.6) is 11.5 Å². The SMILES string of the molecule is COC(=O)N/N=C\c1ccc(OCc2ccccc2)c(OC)c1. The molecule has 2 aromatic carbocycles. The number of hydrazone groups is 1. The molecule has 6 nitrogen and oxygen atoms in total. The van der Waals surface area contributed by atoms with Crippen LogP contribution in [0.1, 0.15) is 11.1 Å². The third-order valence-corrected chi connectivity index (χ3v) is 2.98. The predicted octanol–water partition coefficient (Wildman–Crippen LogP) is 2.96. The van der Waals surface area contributed by atoms with Gasteiger partial charge in [0.25, 0.3) is 0 Å². The maximum absolute atomic E-state index is 10.9. The summed E-state index contributed by atoms with van der Waals surface area (Å²) in [7, 11) is 2.84. The van der Waals surface area contributed by atoms with E-state index in [0.717, 1.165) is 11.1 Å². The highest BCUT2D eigenvalue weighted by Crippen LogP contribution is 2.28. The van der Waals surface area contributed by atoms with Crippen LogP contribution in [-0.4, -0.2) is 26.5 Å². The number of carbonyl (C=O) groups excluding carboxylic acids is 1. The third kappa shape index (κ3) is 5.03. The minimum absolute atomic E-state index is 0.453. The van der Waals surface area contributed by atoms with Gasteiger partial charge in [-0.25, -0.2) is 10.2 Å². The van der Waals surface area contributed by atoms with Crippen molar-refractivity contribution in [1.82, 2.24) is 5.43 Å². The maximum Gasteiger partial charge on any atom is 0.427 e. The maximum atomic E-state index is 10.9. The summed E-state index contributed by atoms with van der Waals surface area (Å²) in [6.07, 6.45) is 0.858. The van der Waals surface area contributed by atoms with Crippen LogP contribution in [0.15, 0.2) is 53.6 Å². The molecule has 0 radical (unpaired) electrons. The quantitative estimate of drug-likeness (QED) is 0.657. The largest absolute Gasteiger partial charge is 0.493 e. The third-order valence-electron chi connectivity index (χ3n) is 2.98. The molecule has 0 aromatic heterocycles. The topological polar surface area (TPSA) is 69.2 Å². The molecule has 0 fully saturated rings. The lowest BCUT2D eigenvalue weighted by Gasteiger charge is -2.11. The average Bonchev–Trinajstić information content (AvgIpc) is 2.61. The van der Waals surface area contributed by atoms with E-state index < -0.39 is 6.09 Å². The highest BCUT2D eigenvalue weighted by molar-refractivity contribution is 5.82. The lowest BCUT2D eigenvalue weighted by molar-refractivity contribution is 0.171. The van der Waals surface area contributed by atoms with Crippen molar-refractivity contribution in [3.05, 3.63) is 59.7 Å². The molecule has 1 amide bonds. The second kappa shape index (κ2) is 8.43. The molecule has 0 aliphatic rings. The van der Waals surface area contributed by atoms with E-state index in [1.807, 2.05) is 36.4 Å². The van der Waals surface area contributed by atoms with Crippen LogP contribution in [0.2, 0.25) is 0 Å². The highest BCUT2D eigenvalue weighted by Gasteiger charge is 2.05. The van der Waals surface area contributed by atoms with Gasteiger partial charge in [0, 0.05) is 0 Å². The van der Waals surface area contributed by atoms with Crippen molar-refractivity contribution in [2.45, 2.75) is 6.61 Å². The molecule has 2 rings (SSSR count). The van der Waals surface area contributed by atoms with Gasteiger partial charge in [-0.3, -0.25) is 0 Å². The van der Waals surface area contributed by atoms with Gasteiger partial charge in [-0.05, 0) is 29.3 Å². The van der Waals surface area contributed by atoms with Gasteiger partial charge in [0.05, 0.1) is 20.4 Å². The fraction of sp³-hybridized carbons (Fsp3) is 0.176. The van der Waals surface area contributed by atoms with E-state index in [1.165, 1.54) is 13.3 Å². The first kappa shape index (κ1) is 16.4. The van der Waals surface area contributed by atoms with E-state index in [-0.39, 0.29) is 0 Å². The molecule has 6 heteroatoms. The number of ether oxygens (including phenoxy) is 3. The fourth-order valence-electron chi connectivity index (χ4n) is 1.82. The van der Waals surface area contributed by atoms with Gasteiger partial charge >= 0.3 is 6.09 Å². The summed E-state index contributed by atoms with van der Waals surface area (Å²) in [4.78, 5) is 10.9. The van der Waals surface area contributed by atoms with Gasteiger partial charge in [-0.1, -0.05) is 30.3 Å². The van der Waals surface area contributed by atoms with Crippen molar-refractivity contribution in [1.29, 1.82) is 0 Å². The van der Waals surface area contributed by atoms with E-state index in [0.29, 0.717) is 18.1 Å². The smallest absolute Gasteiger partial charge is 0.427 e. The lowest BCUT2D eigenvalue weighted by atomic mass is 10.2. The molecule has 0 aliphatic carbocycles. The summed E-state index contributed by atoms with van der Waals surface area (Å²) < 4.78 is 15.5. The van der Waals surface area contributed by atoms with E-state index >= 15 is 0 Å². The Kier molecular flexibility index (Phi) is 5.99. The van der Waals surface area contributed by atoms with Crippen LogP contribution in [-0.2, 0) is 11.3 Å². The summed E-state index contributed by atoms with van der Waals surface area (Å²) in [6.45, 7) is 0.453. The van der Waals surface area contributed by atoms with Gasteiger partial charge in [0.15, 0.2) is 11.5 Å². The molecule has 2 aromatic rings. The molecule has 0 heterocycles. The number of nitrogens with one attached hydrogen (secondary N) is 1. The summed E-state index contributed by atoms with van der Waals surface area (Å²) in [5, 5.41) is 3.77. The van der Waals surface area contributed by atoms with Crippen LogP contribution in [0.3, 0.4) is 0 Å². The van der Waals surface area contributed by atoms with Gasteiger partial charge < -0.3 is 14.2 Å². The van der Waals surface area contributed by atoms with E-state index in [9.17, 15) is 4.79 Å². The van der Waals surface area contributed by atoms with Crippen molar-refractivity contribution in [3.8, 4) is 11.5 Å². The standard InChI is InChI=1S/C17H18N2O4/c1-21-16-10-14(11-18-19-17(20)22-2)8-9-15(16)23-12-13-6-4-3-5-7-13/h3-11H,12H2,1-2H3,(H,19,20)/b18-11-. The number of amides is 1. The zero-order valence-corrected chi connectivity index (χ0v) is 13.0. The van der Waals surface area contributed by atoms with Crippen molar-refractivity contribution in [3.63, 3.8) is 0 Å². The fourth-order valence-corrected chi connectivity index (χ4v) is 1.82. The zero-order valence-electron chi connectivity index (χ0n) is 13.0. The molecule has 0 saturated heterocycles. The number of hydrogen-bond donors (Lipinski definition) is 1. The Morgan fingerprint density at radius 2 is 1.91 bits per heavy atom. The van der Waals surface area contributed by atoms with Gasteiger partial charge in [0.2, 0.25) is 0 Å². The molecule has 23 heavy (non-hydrogen) atoms. The number of rotatable bonds is 6. The van der Waals surface area contributed by atoms with Crippen LogP contribution in [0.4, 0.5) is 4.79 Å². The Balaban J connectivity index is 2.02. The van der Waals surface area contributed by atoms with Crippen LogP contribution in [0, 0.1) is 0 Å². The minimum Gasteiger partial charge on any atom is -0.493 e. The summed E-state index contributed by atoms with van der Waals surface area (Å²) >= 11 is 0. The zero-order chi connectivity index (χ0) is 16.5. The van der Waals surface area contributed by atoms with Gasteiger partial charge in [-0.15, -0.1) is 0 Å². The van der Waals surface area contributed by atoms with Gasteiger partial charge in [0.1, 0.15) is 6.61 Å². The van der Waals surface area contributed by atoms with Crippen molar-refractivity contribution in [2.24, 2.45) is 5.10 Å². The number of carbonyl (C=O) groups is 1. The Hall–Kier alpha value is -3.02. The molecular formula is C17H18N2O4. The molecule has 0 saturated carbocycles. The molecule has 120 valence electrons. The second-order valence-corrected chi connectivity index (χ2v) is 4.55. The Morgan fingerprint density at radius 1 is 1.13 bits per heavy atom. The molecule has 1 N–H and O–H groups in total. The summed E-state index contributed by atoms with van der Waals surface area (Å²) in [6, 6.07) is 15.2. The Labute approximate surface area is 134 Å². The van der Waals surface area contributed by atoms with E-state index in [4.69, 9.17) is 9.47 Å². The molecular weight excluding hydrogens is 296 g/mol. The van der Waals surface area contributed by atoms with Crippen molar-refractivity contribution < 1.29 is 19.0 Å². The average molecular weight is 314 g/mol.